The van der Waals surface area contributed by atoms with Crippen molar-refractivity contribution in [2.75, 3.05) is 6.54 Å². The van der Waals surface area contributed by atoms with Gasteiger partial charge in [0.25, 0.3) is 5.91 Å². The van der Waals surface area contributed by atoms with Gasteiger partial charge in [0.05, 0.1) is 6.04 Å². The van der Waals surface area contributed by atoms with Crippen molar-refractivity contribution in [2.24, 2.45) is 0 Å². The van der Waals surface area contributed by atoms with E-state index in [0.29, 0.717) is 10.6 Å². The Morgan fingerprint density at radius 2 is 1.96 bits per heavy atom. The van der Waals surface area contributed by atoms with Gasteiger partial charge in [0.2, 0.25) is 5.91 Å². The minimum atomic E-state index is -1.22. The van der Waals surface area contributed by atoms with Crippen molar-refractivity contribution in [2.45, 2.75) is 25.4 Å². The van der Waals surface area contributed by atoms with Crippen molar-refractivity contribution in [3.05, 3.63) is 69.2 Å². The molecule has 1 heterocycles. The molecule has 1 aliphatic rings. The Morgan fingerprint density at radius 1 is 1.25 bits per heavy atom. The van der Waals surface area contributed by atoms with Crippen LogP contribution in [-0.4, -0.2) is 29.3 Å². The molecule has 0 spiro atoms. The first-order chi connectivity index (χ1) is 13.2. The number of carbonyl (C=O) groups excluding carboxylic acids is 3. The number of nitrogens with zero attached hydrogens (tertiary/aromatic N) is 1. The molecule has 0 unspecified atom stereocenters. The molecule has 6 nitrogen and oxygen atoms in total. The average molecular weight is 465 g/mol. The maximum atomic E-state index is 12.9. The van der Waals surface area contributed by atoms with Gasteiger partial charge in [-0.05, 0) is 49.2 Å². The summed E-state index contributed by atoms with van der Waals surface area (Å²) < 4.78 is 0.791. The second-order valence-electron chi connectivity index (χ2n) is 6.80. The zero-order valence-electron chi connectivity index (χ0n) is 15.3. The first-order valence-corrected chi connectivity index (χ1v) is 9.83. The van der Waals surface area contributed by atoms with Gasteiger partial charge in [-0.1, -0.05) is 51.8 Å². The van der Waals surface area contributed by atoms with Crippen LogP contribution in [0.1, 0.15) is 31.0 Å². The monoisotopic (exact) mass is 463 g/mol. The molecule has 0 radical (unpaired) electrons. The Bertz CT molecular complexity index is 952. The largest absolute Gasteiger partial charge is 0.348 e. The van der Waals surface area contributed by atoms with Crippen molar-refractivity contribution in [1.82, 2.24) is 15.5 Å². The fourth-order valence-electron chi connectivity index (χ4n) is 3.13. The number of carbonyl (C=O) groups is 3. The van der Waals surface area contributed by atoms with Crippen LogP contribution in [-0.2, 0) is 15.1 Å². The molecule has 0 bridgehead atoms. The molecular weight excluding hydrogens is 446 g/mol. The molecule has 0 saturated carbocycles. The summed E-state index contributed by atoms with van der Waals surface area (Å²) in [7, 11) is 0. The lowest BCUT2D eigenvalue weighted by atomic mass is 9.92. The first-order valence-electron chi connectivity index (χ1n) is 8.65. The van der Waals surface area contributed by atoms with E-state index in [9.17, 15) is 14.4 Å². The smallest absolute Gasteiger partial charge is 0.325 e. The van der Waals surface area contributed by atoms with Crippen LogP contribution in [0.4, 0.5) is 4.79 Å². The van der Waals surface area contributed by atoms with Crippen LogP contribution in [0.15, 0.2) is 53.0 Å². The molecular formula is C20H19BrClN3O3. The van der Waals surface area contributed by atoms with Gasteiger partial charge in [0, 0.05) is 9.50 Å². The van der Waals surface area contributed by atoms with Gasteiger partial charge >= 0.3 is 6.03 Å². The van der Waals surface area contributed by atoms with Crippen molar-refractivity contribution in [1.29, 1.82) is 0 Å². The highest BCUT2D eigenvalue weighted by Gasteiger charge is 2.49. The van der Waals surface area contributed by atoms with Crippen LogP contribution in [0, 0.1) is 0 Å². The van der Waals surface area contributed by atoms with Crippen LogP contribution in [0.25, 0.3) is 0 Å². The van der Waals surface area contributed by atoms with Gasteiger partial charge in [-0.2, -0.15) is 0 Å². The van der Waals surface area contributed by atoms with Crippen LogP contribution >= 0.6 is 27.5 Å². The van der Waals surface area contributed by atoms with Gasteiger partial charge in [-0.15, -0.1) is 0 Å². The van der Waals surface area contributed by atoms with Gasteiger partial charge in [0.1, 0.15) is 12.1 Å². The first kappa shape index (κ1) is 20.4. The molecule has 0 aliphatic carbocycles. The Kier molecular flexibility index (Phi) is 5.76. The zero-order chi connectivity index (χ0) is 20.5. The Hall–Kier alpha value is -2.38. The van der Waals surface area contributed by atoms with Crippen LogP contribution in [0.3, 0.4) is 0 Å². The third-order valence-electron chi connectivity index (χ3n) is 4.70. The van der Waals surface area contributed by atoms with Crippen molar-refractivity contribution >= 4 is 45.4 Å². The molecule has 0 aromatic heterocycles. The lowest BCUT2D eigenvalue weighted by molar-refractivity contribution is -0.135. The molecule has 2 atom stereocenters. The summed E-state index contributed by atoms with van der Waals surface area (Å²) in [6, 6.07) is 13.4. The SMILES string of the molecule is C[C@H](NC(=O)CN1C(=O)N[C@@](C)(c2cccc(Br)c2)C1=O)c1cccc(Cl)c1. The number of benzene rings is 2. The Balaban J connectivity index is 1.71. The van der Waals surface area contributed by atoms with Gasteiger partial charge in [-0.3, -0.25) is 14.5 Å². The number of hydrogen-bond donors (Lipinski definition) is 2. The average Bonchev–Trinajstić information content (AvgIpc) is 2.86. The second-order valence-corrected chi connectivity index (χ2v) is 8.15. The minimum absolute atomic E-state index is 0.316. The fourth-order valence-corrected chi connectivity index (χ4v) is 3.72. The number of amides is 4. The predicted octanol–water partition coefficient (Wildman–Crippen LogP) is 3.75. The van der Waals surface area contributed by atoms with Gasteiger partial charge in [-0.25, -0.2) is 4.79 Å². The summed E-state index contributed by atoms with van der Waals surface area (Å²) in [5.74, 6) is -0.907. The van der Waals surface area contributed by atoms with Gasteiger partial charge in [0.15, 0.2) is 0 Å². The Labute approximate surface area is 176 Å². The molecule has 2 aromatic rings. The van der Waals surface area contributed by atoms with Crippen molar-refractivity contribution in [3.8, 4) is 0 Å². The van der Waals surface area contributed by atoms with E-state index in [1.54, 1.807) is 50.2 Å². The fraction of sp³-hybridized carbons (Fsp3) is 0.250. The van der Waals surface area contributed by atoms with Crippen molar-refractivity contribution < 1.29 is 14.4 Å². The summed E-state index contributed by atoms with van der Waals surface area (Å²) in [6.07, 6.45) is 0. The molecule has 3 rings (SSSR count). The molecule has 4 amide bonds. The maximum absolute atomic E-state index is 12.9. The number of rotatable bonds is 5. The topological polar surface area (TPSA) is 78.5 Å². The normalized spacial score (nSPS) is 20.1. The predicted molar refractivity (Wildman–Crippen MR) is 110 cm³/mol. The summed E-state index contributed by atoms with van der Waals surface area (Å²) in [6.45, 7) is 3.07. The van der Waals surface area contributed by atoms with Crippen molar-refractivity contribution in [3.63, 3.8) is 0 Å². The summed E-state index contributed by atoms with van der Waals surface area (Å²) in [5.41, 5.74) is 0.243. The molecule has 146 valence electrons. The maximum Gasteiger partial charge on any atom is 0.325 e. The van der Waals surface area contributed by atoms with Crippen LogP contribution < -0.4 is 10.6 Å². The highest BCUT2D eigenvalue weighted by molar-refractivity contribution is 9.10. The van der Waals surface area contributed by atoms with Crippen LogP contribution in [0.2, 0.25) is 5.02 Å². The van der Waals surface area contributed by atoms with E-state index in [0.717, 1.165) is 14.9 Å². The molecule has 1 aliphatic heterocycles. The van der Waals surface area contributed by atoms with E-state index in [2.05, 4.69) is 26.6 Å². The minimum Gasteiger partial charge on any atom is -0.348 e. The molecule has 2 aromatic carbocycles. The van der Waals surface area contributed by atoms with Gasteiger partial charge < -0.3 is 10.6 Å². The van der Waals surface area contributed by atoms with E-state index in [1.165, 1.54) is 0 Å². The van der Waals surface area contributed by atoms with E-state index in [1.807, 2.05) is 12.1 Å². The molecule has 1 fully saturated rings. The summed E-state index contributed by atoms with van der Waals surface area (Å²) in [4.78, 5) is 38.7. The molecule has 28 heavy (non-hydrogen) atoms. The number of nitrogens with one attached hydrogen (secondary N) is 2. The molecule has 2 N–H and O–H groups in total. The quantitative estimate of drug-likeness (QED) is 0.662. The Morgan fingerprint density at radius 3 is 2.64 bits per heavy atom. The zero-order valence-corrected chi connectivity index (χ0v) is 17.7. The lowest BCUT2D eigenvalue weighted by Gasteiger charge is -2.22. The lowest BCUT2D eigenvalue weighted by Crippen LogP contribution is -2.43. The standard InChI is InChI=1S/C20H19BrClN3O3/c1-12(13-5-3-8-16(22)9-13)23-17(26)11-25-18(27)20(2,24-19(25)28)14-6-4-7-15(21)10-14/h3-10,12H,11H2,1-2H3,(H,23,26)(H,24,28)/t12-,20-/m0/s1. The highest BCUT2D eigenvalue weighted by atomic mass is 79.9. The second kappa shape index (κ2) is 7.93. The van der Waals surface area contributed by atoms with E-state index >= 15 is 0 Å². The van der Waals surface area contributed by atoms with E-state index < -0.39 is 23.4 Å². The van der Waals surface area contributed by atoms with E-state index in [-0.39, 0.29) is 12.6 Å². The number of halogens is 2. The number of urea groups is 1. The summed E-state index contributed by atoms with van der Waals surface area (Å²) >= 11 is 9.35. The summed E-state index contributed by atoms with van der Waals surface area (Å²) in [5, 5.41) is 6.05. The molecule has 1 saturated heterocycles. The third-order valence-corrected chi connectivity index (χ3v) is 5.43. The van der Waals surface area contributed by atoms with E-state index in [4.69, 9.17) is 11.6 Å². The number of hydrogen-bond acceptors (Lipinski definition) is 3. The number of imide groups is 1. The molecule has 8 heteroatoms. The highest BCUT2D eigenvalue weighted by Crippen LogP contribution is 2.30. The third kappa shape index (κ3) is 4.05. The van der Waals surface area contributed by atoms with Crippen LogP contribution in [0.5, 0.6) is 0 Å².